The molecule has 1 fully saturated rings. The molecular weight excluding hydrogens is 291 g/mol. The number of hydrogen-bond donors (Lipinski definition) is 2. The Morgan fingerprint density at radius 3 is 2.53 bits per heavy atom. The molecule has 0 spiro atoms. The van der Waals surface area contributed by atoms with Gasteiger partial charge in [-0.3, -0.25) is 4.79 Å². The minimum atomic E-state index is -4.41. The first kappa shape index (κ1) is 16.2. The van der Waals surface area contributed by atoms with E-state index < -0.39 is 52.7 Å². The molecule has 1 heterocycles. The van der Waals surface area contributed by atoms with Crippen LogP contribution in [0, 0.1) is 5.92 Å². The van der Waals surface area contributed by atoms with Crippen molar-refractivity contribution in [2.24, 2.45) is 5.92 Å². The molecule has 0 amide bonds. The van der Waals surface area contributed by atoms with Crippen molar-refractivity contribution in [1.29, 1.82) is 0 Å². The van der Waals surface area contributed by atoms with Crippen molar-refractivity contribution in [1.82, 2.24) is 4.72 Å². The zero-order chi connectivity index (χ0) is 14.7. The Morgan fingerprint density at radius 1 is 1.37 bits per heavy atom. The van der Waals surface area contributed by atoms with Gasteiger partial charge >= 0.3 is 12.1 Å². The largest absolute Gasteiger partial charge is 0.481 e. The fourth-order valence-electron chi connectivity index (χ4n) is 1.67. The number of carboxylic acid groups (broad SMARTS) is 1. The first-order valence-electron chi connectivity index (χ1n) is 5.48. The third kappa shape index (κ3) is 5.74. The number of ether oxygens (including phenoxy) is 1. The maximum Gasteiger partial charge on any atom is 0.389 e. The number of nitrogens with one attached hydrogen (secondary N) is 1. The number of aliphatic carboxylic acids is 1. The molecule has 1 aliphatic rings. The highest BCUT2D eigenvalue weighted by Gasteiger charge is 2.36. The highest BCUT2D eigenvalue weighted by Crippen LogP contribution is 2.22. The molecule has 0 aromatic rings. The van der Waals surface area contributed by atoms with Crippen molar-refractivity contribution in [3.63, 3.8) is 0 Å². The minimum absolute atomic E-state index is 0.102. The van der Waals surface area contributed by atoms with Crippen LogP contribution in [0.2, 0.25) is 0 Å². The summed E-state index contributed by atoms with van der Waals surface area (Å²) < 4.78 is 65.6. The topological polar surface area (TPSA) is 92.7 Å². The Morgan fingerprint density at radius 2 is 2.00 bits per heavy atom. The van der Waals surface area contributed by atoms with Gasteiger partial charge in [-0.05, 0) is 6.42 Å². The van der Waals surface area contributed by atoms with E-state index in [1.807, 2.05) is 0 Å². The lowest BCUT2D eigenvalue weighted by atomic mass is 10.1. The van der Waals surface area contributed by atoms with Crippen LogP contribution in [0.25, 0.3) is 0 Å². The van der Waals surface area contributed by atoms with Crippen LogP contribution in [0.4, 0.5) is 13.2 Å². The molecule has 0 aromatic heterocycles. The fourth-order valence-corrected chi connectivity index (χ4v) is 3.00. The second-order valence-corrected chi connectivity index (χ2v) is 6.12. The van der Waals surface area contributed by atoms with Crippen molar-refractivity contribution in [3.8, 4) is 0 Å². The highest BCUT2D eigenvalue weighted by atomic mass is 32.2. The van der Waals surface area contributed by atoms with Gasteiger partial charge in [0.15, 0.2) is 0 Å². The van der Waals surface area contributed by atoms with Crippen molar-refractivity contribution in [3.05, 3.63) is 0 Å². The average molecular weight is 305 g/mol. The molecule has 6 nitrogen and oxygen atoms in total. The Kier molecular flexibility index (Phi) is 5.16. The maximum atomic E-state index is 11.9. The molecule has 2 unspecified atom stereocenters. The molecule has 0 aromatic carbocycles. The lowest BCUT2D eigenvalue weighted by molar-refractivity contribution is -0.142. The number of carbonyl (C=O) groups is 1. The van der Waals surface area contributed by atoms with E-state index in [4.69, 9.17) is 9.84 Å². The van der Waals surface area contributed by atoms with Gasteiger partial charge in [-0.25, -0.2) is 13.1 Å². The van der Waals surface area contributed by atoms with Crippen LogP contribution in [0.1, 0.15) is 12.8 Å². The third-order valence-corrected chi connectivity index (χ3v) is 4.09. The van der Waals surface area contributed by atoms with Gasteiger partial charge in [-0.1, -0.05) is 0 Å². The van der Waals surface area contributed by atoms with Crippen molar-refractivity contribution < 1.29 is 36.2 Å². The molecular formula is C9H14F3NO5S. The van der Waals surface area contributed by atoms with E-state index in [1.165, 1.54) is 0 Å². The molecule has 0 radical (unpaired) electrons. The smallest absolute Gasteiger partial charge is 0.389 e. The van der Waals surface area contributed by atoms with E-state index in [1.54, 1.807) is 0 Å². The average Bonchev–Trinajstić information content (AvgIpc) is 2.62. The summed E-state index contributed by atoms with van der Waals surface area (Å²) in [5.41, 5.74) is 0. The normalized spacial score (nSPS) is 24.6. The summed E-state index contributed by atoms with van der Waals surface area (Å²) in [4.78, 5) is 10.8. The van der Waals surface area contributed by atoms with Crippen LogP contribution in [0.15, 0.2) is 0 Å². The lowest BCUT2D eigenvalue weighted by Crippen LogP contribution is -2.43. The molecule has 10 heteroatoms. The lowest BCUT2D eigenvalue weighted by Gasteiger charge is -2.16. The summed E-state index contributed by atoms with van der Waals surface area (Å²) in [6, 6.07) is -0.937. The van der Waals surface area contributed by atoms with Gasteiger partial charge < -0.3 is 9.84 Å². The molecule has 0 aliphatic carbocycles. The van der Waals surface area contributed by atoms with E-state index >= 15 is 0 Å². The Bertz CT molecular complexity index is 422. The number of sulfonamides is 1. The number of rotatable bonds is 6. The molecule has 1 saturated heterocycles. The molecule has 2 N–H and O–H groups in total. The summed E-state index contributed by atoms with van der Waals surface area (Å²) in [7, 11) is -3.95. The van der Waals surface area contributed by atoms with Gasteiger partial charge in [0, 0.05) is 6.42 Å². The summed E-state index contributed by atoms with van der Waals surface area (Å²) in [6.45, 7) is -0.222. The zero-order valence-corrected chi connectivity index (χ0v) is 10.6. The van der Waals surface area contributed by atoms with Crippen LogP contribution >= 0.6 is 0 Å². The van der Waals surface area contributed by atoms with Crippen LogP contribution in [-0.4, -0.2) is 50.7 Å². The van der Waals surface area contributed by atoms with Crippen molar-refractivity contribution in [2.45, 2.75) is 25.1 Å². The first-order chi connectivity index (χ1) is 8.61. The SMILES string of the molecule is O=C(O)C1COCC1NS(=O)(=O)CCCC(F)(F)F. The van der Waals surface area contributed by atoms with Crippen LogP contribution in [0.3, 0.4) is 0 Å². The van der Waals surface area contributed by atoms with Crippen molar-refractivity contribution >= 4 is 16.0 Å². The van der Waals surface area contributed by atoms with E-state index in [2.05, 4.69) is 4.72 Å². The molecule has 1 rings (SSSR count). The predicted molar refractivity (Wildman–Crippen MR) is 57.9 cm³/mol. The van der Waals surface area contributed by atoms with Crippen LogP contribution in [0.5, 0.6) is 0 Å². The monoisotopic (exact) mass is 305 g/mol. The molecule has 0 saturated carbocycles. The molecule has 19 heavy (non-hydrogen) atoms. The summed E-state index contributed by atoms with van der Waals surface area (Å²) in [5.74, 6) is -2.92. The summed E-state index contributed by atoms with van der Waals surface area (Å²) in [6.07, 6.45) is -6.17. The zero-order valence-electron chi connectivity index (χ0n) is 9.81. The number of alkyl halides is 3. The van der Waals surface area contributed by atoms with Gasteiger partial charge in [-0.2, -0.15) is 13.2 Å². The maximum absolute atomic E-state index is 11.9. The van der Waals surface area contributed by atoms with Crippen LogP contribution in [-0.2, 0) is 19.6 Å². The highest BCUT2D eigenvalue weighted by molar-refractivity contribution is 7.89. The van der Waals surface area contributed by atoms with Gasteiger partial charge in [0.25, 0.3) is 0 Å². The second kappa shape index (κ2) is 6.06. The molecule has 2 atom stereocenters. The molecule has 112 valence electrons. The minimum Gasteiger partial charge on any atom is -0.481 e. The van der Waals surface area contributed by atoms with E-state index in [0.29, 0.717) is 0 Å². The van der Waals surface area contributed by atoms with Gasteiger partial charge in [0.2, 0.25) is 10.0 Å². The summed E-state index contributed by atoms with van der Waals surface area (Å²) in [5, 5.41) is 8.80. The Labute approximate surface area is 108 Å². The summed E-state index contributed by atoms with van der Waals surface area (Å²) >= 11 is 0. The fraction of sp³-hybridized carbons (Fsp3) is 0.889. The van der Waals surface area contributed by atoms with E-state index in [9.17, 15) is 26.4 Å². The molecule has 0 bridgehead atoms. The van der Waals surface area contributed by atoms with Gasteiger partial charge in [-0.15, -0.1) is 0 Å². The first-order valence-corrected chi connectivity index (χ1v) is 7.13. The van der Waals surface area contributed by atoms with Gasteiger partial charge in [0.05, 0.1) is 30.9 Å². The van der Waals surface area contributed by atoms with E-state index in [-0.39, 0.29) is 13.2 Å². The van der Waals surface area contributed by atoms with Gasteiger partial charge in [0.1, 0.15) is 0 Å². The molecule has 1 aliphatic heterocycles. The number of halogens is 3. The van der Waals surface area contributed by atoms with Crippen molar-refractivity contribution in [2.75, 3.05) is 19.0 Å². The standard InChI is InChI=1S/C9H14F3NO5S/c10-9(11,12)2-1-3-19(16,17)13-7-5-18-4-6(7)8(14)15/h6-7,13H,1-5H2,(H,14,15). The predicted octanol–water partition coefficient (Wildman–Crippen LogP) is 0.348. The quantitative estimate of drug-likeness (QED) is 0.738. The Balaban J connectivity index is 2.48. The Hall–Kier alpha value is -0.870. The third-order valence-electron chi connectivity index (χ3n) is 2.60. The number of hydrogen-bond acceptors (Lipinski definition) is 4. The van der Waals surface area contributed by atoms with Crippen LogP contribution < -0.4 is 4.72 Å². The van der Waals surface area contributed by atoms with E-state index in [0.717, 1.165) is 0 Å². The second-order valence-electron chi connectivity index (χ2n) is 4.24. The number of carboxylic acids is 1.